The minimum atomic E-state index is 0.380. The number of likely N-dealkylation sites (N-methyl/N-ethyl adjacent to an activating group) is 1. The summed E-state index contributed by atoms with van der Waals surface area (Å²) in [6, 6.07) is 10.9. The largest absolute Gasteiger partial charge is 0.496 e. The van der Waals surface area contributed by atoms with Gasteiger partial charge in [-0.15, -0.1) is 11.3 Å². The number of ether oxygens (including phenoxy) is 1. The molecule has 1 aromatic heterocycles. The SMILES string of the molecule is CCNC(Cc1ccc(OC)c(Br)c1)c1cccs1. The third kappa shape index (κ3) is 3.81. The molecule has 1 heterocycles. The van der Waals surface area contributed by atoms with Crippen LogP contribution in [0.4, 0.5) is 0 Å². The summed E-state index contributed by atoms with van der Waals surface area (Å²) in [4.78, 5) is 1.38. The van der Waals surface area contributed by atoms with Gasteiger partial charge >= 0.3 is 0 Å². The first-order valence-electron chi connectivity index (χ1n) is 6.33. The summed E-state index contributed by atoms with van der Waals surface area (Å²) in [7, 11) is 1.69. The number of halogens is 1. The highest BCUT2D eigenvalue weighted by Gasteiger charge is 2.13. The molecular weight excluding hydrogens is 322 g/mol. The molecule has 0 bridgehead atoms. The summed E-state index contributed by atoms with van der Waals surface area (Å²) in [6.45, 7) is 3.12. The summed E-state index contributed by atoms with van der Waals surface area (Å²) in [5, 5.41) is 5.67. The van der Waals surface area contributed by atoms with Crippen LogP contribution in [0, 0.1) is 0 Å². The van der Waals surface area contributed by atoms with Crippen molar-refractivity contribution in [3.8, 4) is 5.75 Å². The normalized spacial score (nSPS) is 12.4. The van der Waals surface area contributed by atoms with E-state index in [-0.39, 0.29) is 0 Å². The third-order valence-electron chi connectivity index (χ3n) is 2.99. The van der Waals surface area contributed by atoms with E-state index in [1.165, 1.54) is 10.4 Å². The van der Waals surface area contributed by atoms with Crippen molar-refractivity contribution in [3.05, 3.63) is 50.6 Å². The van der Waals surface area contributed by atoms with E-state index in [1.807, 2.05) is 6.07 Å². The van der Waals surface area contributed by atoms with Gasteiger partial charge in [-0.3, -0.25) is 0 Å². The van der Waals surface area contributed by atoms with Crippen LogP contribution >= 0.6 is 27.3 Å². The first-order valence-corrected chi connectivity index (χ1v) is 8.01. The Morgan fingerprint density at radius 1 is 1.37 bits per heavy atom. The predicted molar refractivity (Wildman–Crippen MR) is 85.1 cm³/mol. The Bertz CT molecular complexity index is 513. The Kier molecular flexibility index (Phi) is 5.43. The van der Waals surface area contributed by atoms with Crippen LogP contribution in [-0.2, 0) is 6.42 Å². The van der Waals surface area contributed by atoms with Gasteiger partial charge in [0.2, 0.25) is 0 Å². The fraction of sp³-hybridized carbons (Fsp3) is 0.333. The van der Waals surface area contributed by atoms with Crippen molar-refractivity contribution in [1.82, 2.24) is 5.32 Å². The van der Waals surface area contributed by atoms with E-state index in [1.54, 1.807) is 18.4 Å². The Morgan fingerprint density at radius 2 is 2.21 bits per heavy atom. The highest BCUT2D eigenvalue weighted by molar-refractivity contribution is 9.10. The average Bonchev–Trinajstić information content (AvgIpc) is 2.92. The van der Waals surface area contributed by atoms with Crippen LogP contribution in [0.3, 0.4) is 0 Å². The van der Waals surface area contributed by atoms with Gasteiger partial charge in [0.25, 0.3) is 0 Å². The van der Waals surface area contributed by atoms with Gasteiger partial charge in [-0.05, 0) is 58.0 Å². The van der Waals surface area contributed by atoms with Gasteiger partial charge < -0.3 is 10.1 Å². The first-order chi connectivity index (χ1) is 9.24. The number of nitrogens with one attached hydrogen (secondary N) is 1. The summed E-state index contributed by atoms with van der Waals surface area (Å²) in [6.07, 6.45) is 0.983. The molecule has 0 fully saturated rings. The molecule has 1 aromatic carbocycles. The van der Waals surface area contributed by atoms with Crippen molar-refractivity contribution in [2.75, 3.05) is 13.7 Å². The molecule has 0 aliphatic rings. The van der Waals surface area contributed by atoms with Crippen molar-refractivity contribution in [3.63, 3.8) is 0 Å². The monoisotopic (exact) mass is 339 g/mol. The molecule has 4 heteroatoms. The molecule has 102 valence electrons. The minimum Gasteiger partial charge on any atom is -0.496 e. The summed E-state index contributed by atoms with van der Waals surface area (Å²) in [5.41, 5.74) is 1.30. The highest BCUT2D eigenvalue weighted by Crippen LogP contribution is 2.28. The van der Waals surface area contributed by atoms with Crippen LogP contribution in [-0.4, -0.2) is 13.7 Å². The zero-order valence-electron chi connectivity index (χ0n) is 11.2. The minimum absolute atomic E-state index is 0.380. The number of hydrogen-bond donors (Lipinski definition) is 1. The van der Waals surface area contributed by atoms with Crippen LogP contribution < -0.4 is 10.1 Å². The average molecular weight is 340 g/mol. The molecular formula is C15H18BrNOS. The quantitative estimate of drug-likeness (QED) is 0.841. The lowest BCUT2D eigenvalue weighted by Crippen LogP contribution is -2.22. The lowest BCUT2D eigenvalue weighted by atomic mass is 10.0. The van der Waals surface area contributed by atoms with E-state index in [2.05, 4.69) is 57.8 Å². The first kappa shape index (κ1) is 14.6. The maximum Gasteiger partial charge on any atom is 0.133 e. The second kappa shape index (κ2) is 7.08. The Morgan fingerprint density at radius 3 is 2.79 bits per heavy atom. The topological polar surface area (TPSA) is 21.3 Å². The van der Waals surface area contributed by atoms with Crippen molar-refractivity contribution >= 4 is 27.3 Å². The molecule has 0 saturated heterocycles. The van der Waals surface area contributed by atoms with Gasteiger partial charge in [0, 0.05) is 10.9 Å². The Hall–Kier alpha value is -0.840. The van der Waals surface area contributed by atoms with Gasteiger partial charge in [0.05, 0.1) is 11.6 Å². The van der Waals surface area contributed by atoms with Gasteiger partial charge in [-0.1, -0.05) is 19.1 Å². The van der Waals surface area contributed by atoms with Crippen LogP contribution in [0.15, 0.2) is 40.2 Å². The summed E-state index contributed by atoms with van der Waals surface area (Å²) >= 11 is 5.35. The Labute approximate surface area is 126 Å². The van der Waals surface area contributed by atoms with Crippen molar-refractivity contribution < 1.29 is 4.74 Å². The highest BCUT2D eigenvalue weighted by atomic mass is 79.9. The van der Waals surface area contributed by atoms with Gasteiger partial charge in [0.1, 0.15) is 5.75 Å². The fourth-order valence-corrected chi connectivity index (χ4v) is 3.47. The number of hydrogen-bond acceptors (Lipinski definition) is 3. The van der Waals surface area contributed by atoms with E-state index in [9.17, 15) is 0 Å². The third-order valence-corrected chi connectivity index (χ3v) is 4.60. The molecule has 1 N–H and O–H groups in total. The number of thiophene rings is 1. The summed E-state index contributed by atoms with van der Waals surface area (Å²) in [5.74, 6) is 0.875. The van der Waals surface area contributed by atoms with Crippen molar-refractivity contribution in [2.45, 2.75) is 19.4 Å². The zero-order chi connectivity index (χ0) is 13.7. The fourth-order valence-electron chi connectivity index (χ4n) is 2.08. The van der Waals surface area contributed by atoms with Gasteiger partial charge in [-0.2, -0.15) is 0 Å². The van der Waals surface area contributed by atoms with Gasteiger partial charge in [-0.25, -0.2) is 0 Å². The maximum atomic E-state index is 5.26. The summed E-state index contributed by atoms with van der Waals surface area (Å²) < 4.78 is 6.27. The molecule has 2 nitrogen and oxygen atoms in total. The van der Waals surface area contributed by atoms with Crippen LogP contribution in [0.1, 0.15) is 23.4 Å². The lowest BCUT2D eigenvalue weighted by Gasteiger charge is -2.17. The molecule has 2 aromatic rings. The van der Waals surface area contributed by atoms with Crippen molar-refractivity contribution in [2.24, 2.45) is 0 Å². The van der Waals surface area contributed by atoms with Crippen LogP contribution in [0.5, 0.6) is 5.75 Å². The van der Waals surface area contributed by atoms with Crippen LogP contribution in [0.25, 0.3) is 0 Å². The molecule has 0 amide bonds. The zero-order valence-corrected chi connectivity index (χ0v) is 13.6. The van der Waals surface area contributed by atoms with E-state index in [0.29, 0.717) is 6.04 Å². The van der Waals surface area contributed by atoms with Gasteiger partial charge in [0.15, 0.2) is 0 Å². The molecule has 1 unspecified atom stereocenters. The number of methoxy groups -OCH3 is 1. The van der Waals surface area contributed by atoms with E-state index in [4.69, 9.17) is 4.74 Å². The smallest absolute Gasteiger partial charge is 0.133 e. The van der Waals surface area contributed by atoms with E-state index in [0.717, 1.165) is 23.2 Å². The van der Waals surface area contributed by atoms with Crippen molar-refractivity contribution in [1.29, 1.82) is 0 Å². The molecule has 0 saturated carbocycles. The number of rotatable bonds is 6. The lowest BCUT2D eigenvalue weighted by molar-refractivity contribution is 0.412. The molecule has 2 rings (SSSR count). The molecule has 19 heavy (non-hydrogen) atoms. The second-order valence-electron chi connectivity index (χ2n) is 4.30. The molecule has 0 radical (unpaired) electrons. The number of benzene rings is 1. The van der Waals surface area contributed by atoms with E-state index < -0.39 is 0 Å². The molecule has 0 aliphatic heterocycles. The maximum absolute atomic E-state index is 5.26. The van der Waals surface area contributed by atoms with Crippen LogP contribution in [0.2, 0.25) is 0 Å². The second-order valence-corrected chi connectivity index (χ2v) is 6.13. The predicted octanol–water partition coefficient (Wildman–Crippen LogP) is 4.41. The Balaban J connectivity index is 2.15. The molecule has 0 spiro atoms. The molecule has 0 aliphatic carbocycles. The molecule has 1 atom stereocenters. The van der Waals surface area contributed by atoms with E-state index >= 15 is 0 Å². The standard InChI is InChI=1S/C15H18BrNOS/c1-3-17-13(15-5-4-8-19-15)10-11-6-7-14(18-2)12(16)9-11/h4-9,13,17H,3,10H2,1-2H3.